The summed E-state index contributed by atoms with van der Waals surface area (Å²) in [6.45, 7) is 11.8. The third-order valence-corrected chi connectivity index (χ3v) is 6.22. The number of carbonyl (C=O) groups is 3. The highest BCUT2D eigenvalue weighted by Crippen LogP contribution is 2.41. The molecule has 0 radical (unpaired) electrons. The summed E-state index contributed by atoms with van der Waals surface area (Å²) in [6.07, 6.45) is 1.67. The second-order valence-corrected chi connectivity index (χ2v) is 11.0. The van der Waals surface area contributed by atoms with Crippen molar-refractivity contribution < 1.29 is 19.5 Å². The lowest BCUT2D eigenvalue weighted by Gasteiger charge is -2.28. The molecule has 5 nitrogen and oxygen atoms in total. The van der Waals surface area contributed by atoms with Gasteiger partial charge in [-0.25, -0.2) is 0 Å². The summed E-state index contributed by atoms with van der Waals surface area (Å²) in [5.74, 6) is -0.514. The summed E-state index contributed by atoms with van der Waals surface area (Å²) in [6, 6.07) is 12.3. The van der Waals surface area contributed by atoms with Crippen LogP contribution in [0.15, 0.2) is 47.4 Å². The maximum atomic E-state index is 12.9. The fourth-order valence-electron chi connectivity index (χ4n) is 3.53. The van der Waals surface area contributed by atoms with Gasteiger partial charge in [-0.05, 0) is 46.4 Å². The fraction of sp³-hybridized carbons (Fsp3) is 0.346. The third-order valence-electron chi connectivity index (χ3n) is 5.32. The lowest BCUT2D eigenvalue weighted by molar-refractivity contribution is -0.122. The van der Waals surface area contributed by atoms with E-state index in [1.165, 1.54) is 0 Å². The summed E-state index contributed by atoms with van der Waals surface area (Å²) in [7, 11) is 0. The second kappa shape index (κ2) is 8.58. The van der Waals surface area contributed by atoms with Crippen LogP contribution in [0.3, 0.4) is 0 Å². The van der Waals surface area contributed by atoms with Crippen LogP contribution >= 0.6 is 11.8 Å². The molecule has 1 fully saturated rings. The van der Waals surface area contributed by atoms with E-state index in [4.69, 9.17) is 0 Å². The Bertz CT molecular complexity index is 1070. The lowest BCUT2D eigenvalue weighted by atomic mass is 9.78. The number of aromatic hydroxyl groups is 1. The predicted octanol–water partition coefficient (Wildman–Crippen LogP) is 5.91. The fourth-order valence-corrected chi connectivity index (χ4v) is 4.37. The van der Waals surface area contributed by atoms with Gasteiger partial charge in [0.2, 0.25) is 0 Å². The summed E-state index contributed by atoms with van der Waals surface area (Å²) in [4.78, 5) is 39.2. The van der Waals surface area contributed by atoms with Gasteiger partial charge in [0.1, 0.15) is 5.75 Å². The van der Waals surface area contributed by atoms with Gasteiger partial charge < -0.3 is 5.11 Å². The van der Waals surface area contributed by atoms with E-state index >= 15 is 0 Å². The largest absolute Gasteiger partial charge is 0.507 e. The molecule has 0 atom stereocenters. The third kappa shape index (κ3) is 4.96. The van der Waals surface area contributed by atoms with Gasteiger partial charge in [0.05, 0.1) is 11.4 Å². The van der Waals surface area contributed by atoms with Crippen LogP contribution in [0.4, 0.5) is 4.79 Å². The molecule has 6 heteroatoms. The van der Waals surface area contributed by atoms with E-state index in [1.54, 1.807) is 36.4 Å². The van der Waals surface area contributed by atoms with Crippen LogP contribution < -0.4 is 0 Å². The number of phenols is 1. The van der Waals surface area contributed by atoms with Gasteiger partial charge in [-0.2, -0.15) is 0 Å². The van der Waals surface area contributed by atoms with E-state index < -0.39 is 11.1 Å². The summed E-state index contributed by atoms with van der Waals surface area (Å²) in [5, 5.41) is 10.4. The molecule has 1 aliphatic rings. The van der Waals surface area contributed by atoms with Crippen LogP contribution in [-0.4, -0.2) is 33.5 Å². The lowest BCUT2D eigenvalue weighted by Crippen LogP contribution is -2.33. The Morgan fingerprint density at radius 3 is 2.00 bits per heavy atom. The maximum Gasteiger partial charge on any atom is 0.293 e. The number of hydrogen-bond acceptors (Lipinski definition) is 5. The minimum absolute atomic E-state index is 0.253. The van der Waals surface area contributed by atoms with Crippen LogP contribution in [0.1, 0.15) is 68.6 Å². The smallest absolute Gasteiger partial charge is 0.293 e. The number of imide groups is 1. The van der Waals surface area contributed by atoms with E-state index in [9.17, 15) is 19.5 Å². The number of amides is 2. The first-order valence-electron chi connectivity index (χ1n) is 10.5. The molecule has 1 aliphatic heterocycles. The van der Waals surface area contributed by atoms with Crippen LogP contribution in [0.5, 0.6) is 5.75 Å². The quantitative estimate of drug-likeness (QED) is 0.462. The van der Waals surface area contributed by atoms with E-state index in [-0.39, 0.29) is 33.8 Å². The molecule has 32 heavy (non-hydrogen) atoms. The standard InChI is InChI=1S/C26H29NO4S/c1-25(2,3)18-12-16(13-19(22(18)29)26(4,5)6)14-21-23(30)27(24(31)32-21)15-20(28)17-10-8-7-9-11-17/h7-14,29H,15H2,1-6H3. The predicted molar refractivity (Wildman–Crippen MR) is 129 cm³/mol. The zero-order chi connectivity index (χ0) is 23.8. The van der Waals surface area contributed by atoms with Crippen LogP contribution in [0.2, 0.25) is 0 Å². The molecular weight excluding hydrogens is 422 g/mol. The number of benzene rings is 2. The highest BCUT2D eigenvalue weighted by molar-refractivity contribution is 8.18. The van der Waals surface area contributed by atoms with Crippen molar-refractivity contribution in [3.05, 3.63) is 69.6 Å². The molecule has 0 aliphatic carbocycles. The number of rotatable bonds is 4. The van der Waals surface area contributed by atoms with Gasteiger partial charge in [0.25, 0.3) is 11.1 Å². The Morgan fingerprint density at radius 2 is 1.50 bits per heavy atom. The first-order valence-corrected chi connectivity index (χ1v) is 11.3. The molecule has 2 amide bonds. The molecule has 3 rings (SSSR count). The summed E-state index contributed by atoms with van der Waals surface area (Å²) in [5.41, 5.74) is 2.12. The first kappa shape index (κ1) is 23.8. The minimum Gasteiger partial charge on any atom is -0.507 e. The Morgan fingerprint density at radius 1 is 0.969 bits per heavy atom. The van der Waals surface area contributed by atoms with Crippen molar-refractivity contribution in [1.82, 2.24) is 4.90 Å². The van der Waals surface area contributed by atoms with Crippen LogP contribution in [0.25, 0.3) is 6.08 Å². The zero-order valence-electron chi connectivity index (χ0n) is 19.4. The molecule has 0 saturated carbocycles. The number of thioether (sulfide) groups is 1. The molecular formula is C26H29NO4S. The van der Waals surface area contributed by atoms with Crippen molar-refractivity contribution >= 4 is 34.8 Å². The summed E-state index contributed by atoms with van der Waals surface area (Å²) >= 11 is 0.829. The molecule has 2 aromatic carbocycles. The van der Waals surface area contributed by atoms with E-state index in [0.29, 0.717) is 5.56 Å². The second-order valence-electron chi connectivity index (χ2n) is 10.0. The molecule has 1 saturated heterocycles. The number of hydrogen-bond donors (Lipinski definition) is 1. The molecule has 0 bridgehead atoms. The summed E-state index contributed by atoms with van der Waals surface area (Å²) < 4.78 is 0. The first-order chi connectivity index (χ1) is 14.8. The molecule has 0 spiro atoms. The topological polar surface area (TPSA) is 74.7 Å². The van der Waals surface area contributed by atoms with Gasteiger partial charge in [-0.15, -0.1) is 0 Å². The highest BCUT2D eigenvalue weighted by Gasteiger charge is 2.36. The molecule has 168 valence electrons. The zero-order valence-corrected chi connectivity index (χ0v) is 20.2. The molecule has 2 aromatic rings. The van der Waals surface area contributed by atoms with Gasteiger partial charge >= 0.3 is 0 Å². The molecule has 0 unspecified atom stereocenters. The SMILES string of the molecule is CC(C)(C)c1cc(C=C2SC(=O)N(CC(=O)c3ccccc3)C2=O)cc(C(C)(C)C)c1O. The van der Waals surface area contributed by atoms with Crippen molar-refractivity contribution in [2.45, 2.75) is 52.4 Å². The Kier molecular flexibility index (Phi) is 6.38. The van der Waals surface area contributed by atoms with E-state index in [0.717, 1.165) is 33.4 Å². The molecule has 0 aromatic heterocycles. The number of nitrogens with zero attached hydrogens (tertiary/aromatic N) is 1. The van der Waals surface area contributed by atoms with Gasteiger partial charge in [-0.3, -0.25) is 19.3 Å². The highest BCUT2D eigenvalue weighted by atomic mass is 32.2. The van der Waals surface area contributed by atoms with Gasteiger partial charge in [0, 0.05) is 16.7 Å². The van der Waals surface area contributed by atoms with Crippen molar-refractivity contribution in [1.29, 1.82) is 0 Å². The Balaban J connectivity index is 1.96. The normalized spacial score (nSPS) is 16.2. The number of carbonyl (C=O) groups excluding carboxylic acids is 3. The van der Waals surface area contributed by atoms with Crippen molar-refractivity contribution in [3.63, 3.8) is 0 Å². The van der Waals surface area contributed by atoms with Gasteiger partial charge in [-0.1, -0.05) is 71.9 Å². The number of phenolic OH excluding ortho intramolecular Hbond substituents is 1. The average molecular weight is 452 g/mol. The molecule has 1 N–H and O–H groups in total. The Labute approximate surface area is 193 Å². The molecule has 1 heterocycles. The van der Waals surface area contributed by atoms with E-state index in [1.807, 2.05) is 53.7 Å². The number of Topliss-reactive ketones (excluding diaryl/α,β-unsaturated/α-hetero) is 1. The minimum atomic E-state index is -0.480. The van der Waals surface area contributed by atoms with Crippen molar-refractivity contribution in [2.75, 3.05) is 6.54 Å². The average Bonchev–Trinajstić information content (AvgIpc) is 2.95. The Hall–Kier alpha value is -2.86. The van der Waals surface area contributed by atoms with Crippen molar-refractivity contribution in [2.24, 2.45) is 0 Å². The van der Waals surface area contributed by atoms with Crippen LogP contribution in [0, 0.1) is 0 Å². The van der Waals surface area contributed by atoms with Crippen molar-refractivity contribution in [3.8, 4) is 5.75 Å². The van der Waals surface area contributed by atoms with Crippen LogP contribution in [-0.2, 0) is 15.6 Å². The number of ketones is 1. The monoisotopic (exact) mass is 451 g/mol. The van der Waals surface area contributed by atoms with E-state index in [2.05, 4.69) is 0 Å². The maximum absolute atomic E-state index is 12.9. The van der Waals surface area contributed by atoms with Gasteiger partial charge in [0.15, 0.2) is 5.78 Å².